The molecule has 0 heterocycles. The summed E-state index contributed by atoms with van der Waals surface area (Å²) in [5, 5.41) is 3.61. The Labute approximate surface area is 107 Å². The third kappa shape index (κ3) is 10.8. The fourth-order valence-electron chi connectivity index (χ4n) is 1.58. The molecule has 3 heteroatoms. The van der Waals surface area contributed by atoms with E-state index in [0.29, 0.717) is 0 Å². The maximum Gasteiger partial charge on any atom is 0.00662 e. The van der Waals surface area contributed by atoms with E-state index in [2.05, 4.69) is 49.9 Å². The van der Waals surface area contributed by atoms with Crippen molar-refractivity contribution >= 4 is 11.8 Å². The van der Waals surface area contributed by atoms with Gasteiger partial charge < -0.3 is 10.2 Å². The van der Waals surface area contributed by atoms with Gasteiger partial charge in [-0.3, -0.25) is 0 Å². The van der Waals surface area contributed by atoms with E-state index < -0.39 is 0 Å². The molecule has 0 aromatic rings. The summed E-state index contributed by atoms with van der Waals surface area (Å²) in [7, 11) is 4.28. The Balaban J connectivity index is 3.27. The number of nitrogens with one attached hydrogen (secondary N) is 1. The van der Waals surface area contributed by atoms with Crippen LogP contribution in [0.1, 0.15) is 39.5 Å². The van der Waals surface area contributed by atoms with Crippen molar-refractivity contribution in [3.05, 3.63) is 0 Å². The molecule has 0 aliphatic rings. The minimum atomic E-state index is 0.745. The summed E-state index contributed by atoms with van der Waals surface area (Å²) in [6.07, 6.45) is 5.20. The molecular formula is C13H30N2S. The summed E-state index contributed by atoms with van der Waals surface area (Å²) < 4.78 is 0. The van der Waals surface area contributed by atoms with Crippen LogP contribution in [0.15, 0.2) is 0 Å². The van der Waals surface area contributed by atoms with Crippen LogP contribution in [0.3, 0.4) is 0 Å². The molecule has 0 radical (unpaired) electrons. The van der Waals surface area contributed by atoms with E-state index in [1.807, 2.05) is 0 Å². The van der Waals surface area contributed by atoms with Crippen molar-refractivity contribution in [2.24, 2.45) is 0 Å². The molecule has 1 atom stereocenters. The van der Waals surface area contributed by atoms with E-state index in [1.165, 1.54) is 50.3 Å². The van der Waals surface area contributed by atoms with Crippen LogP contribution < -0.4 is 5.32 Å². The molecule has 1 unspecified atom stereocenters. The zero-order valence-electron chi connectivity index (χ0n) is 11.6. The lowest BCUT2D eigenvalue weighted by molar-refractivity contribution is 0.437. The second kappa shape index (κ2) is 11.7. The second-order valence-electron chi connectivity index (χ2n) is 4.62. The summed E-state index contributed by atoms with van der Waals surface area (Å²) in [4.78, 5) is 2.25. The smallest absolute Gasteiger partial charge is 0.00662 e. The van der Waals surface area contributed by atoms with E-state index in [4.69, 9.17) is 0 Å². The van der Waals surface area contributed by atoms with Crippen molar-refractivity contribution in [3.8, 4) is 0 Å². The van der Waals surface area contributed by atoms with Gasteiger partial charge in [-0.15, -0.1) is 0 Å². The molecule has 0 saturated carbocycles. The Bertz CT molecular complexity index is 140. The van der Waals surface area contributed by atoms with Gasteiger partial charge in [-0.25, -0.2) is 0 Å². The highest BCUT2D eigenvalue weighted by Gasteiger charge is 2.03. The molecule has 0 aliphatic heterocycles. The van der Waals surface area contributed by atoms with Crippen LogP contribution >= 0.6 is 11.8 Å². The quantitative estimate of drug-likeness (QED) is 0.564. The predicted molar refractivity (Wildman–Crippen MR) is 77.5 cm³/mol. The van der Waals surface area contributed by atoms with E-state index in [9.17, 15) is 0 Å². The van der Waals surface area contributed by atoms with E-state index >= 15 is 0 Å². The number of hydrogen-bond donors (Lipinski definition) is 1. The van der Waals surface area contributed by atoms with Crippen LogP contribution in [0.2, 0.25) is 0 Å². The van der Waals surface area contributed by atoms with Crippen molar-refractivity contribution in [1.82, 2.24) is 10.2 Å². The molecule has 0 bridgehead atoms. The highest BCUT2D eigenvalue weighted by Crippen LogP contribution is 2.08. The normalized spacial score (nSPS) is 13.3. The molecule has 0 aromatic carbocycles. The van der Waals surface area contributed by atoms with Crippen molar-refractivity contribution in [2.45, 2.75) is 45.6 Å². The van der Waals surface area contributed by atoms with E-state index in [0.717, 1.165) is 6.04 Å². The third-order valence-electron chi connectivity index (χ3n) is 2.70. The lowest BCUT2D eigenvalue weighted by Gasteiger charge is -2.16. The number of thioether (sulfide) groups is 1. The van der Waals surface area contributed by atoms with Gasteiger partial charge in [0.05, 0.1) is 0 Å². The Morgan fingerprint density at radius 2 is 1.94 bits per heavy atom. The van der Waals surface area contributed by atoms with Gasteiger partial charge >= 0.3 is 0 Å². The molecule has 0 aliphatic carbocycles. The van der Waals surface area contributed by atoms with Gasteiger partial charge in [-0.1, -0.05) is 13.8 Å². The van der Waals surface area contributed by atoms with Gasteiger partial charge in [0.2, 0.25) is 0 Å². The average Bonchev–Trinajstić information content (AvgIpc) is 2.26. The van der Waals surface area contributed by atoms with Crippen molar-refractivity contribution in [3.63, 3.8) is 0 Å². The van der Waals surface area contributed by atoms with Crippen LogP contribution in [0.4, 0.5) is 0 Å². The average molecular weight is 246 g/mol. The topological polar surface area (TPSA) is 15.3 Å². The van der Waals surface area contributed by atoms with E-state index in [1.54, 1.807) is 0 Å². The largest absolute Gasteiger partial charge is 0.314 e. The Morgan fingerprint density at radius 1 is 1.19 bits per heavy atom. The molecule has 2 nitrogen and oxygen atoms in total. The zero-order valence-corrected chi connectivity index (χ0v) is 12.4. The molecule has 0 amide bonds. The first-order valence-corrected chi connectivity index (χ1v) is 7.82. The maximum absolute atomic E-state index is 3.61. The Hall–Kier alpha value is 0.270. The molecule has 16 heavy (non-hydrogen) atoms. The number of rotatable bonds is 11. The summed E-state index contributed by atoms with van der Waals surface area (Å²) in [5.41, 5.74) is 0. The second-order valence-corrected chi connectivity index (χ2v) is 5.84. The Morgan fingerprint density at radius 3 is 2.50 bits per heavy atom. The van der Waals surface area contributed by atoms with Crippen LogP contribution in [0.5, 0.6) is 0 Å². The molecule has 0 fully saturated rings. The highest BCUT2D eigenvalue weighted by atomic mass is 32.2. The van der Waals surface area contributed by atoms with Gasteiger partial charge in [-0.2, -0.15) is 11.8 Å². The third-order valence-corrected chi connectivity index (χ3v) is 3.75. The standard InChI is InChI=1S/C13H30N2S/c1-5-9-14-13(6-2)8-7-11-16-12-10-15(3)4/h13-14H,5-12H2,1-4H3. The summed E-state index contributed by atoms with van der Waals surface area (Å²) in [6, 6.07) is 0.745. The molecule has 1 N–H and O–H groups in total. The maximum atomic E-state index is 3.61. The van der Waals surface area contributed by atoms with Crippen molar-refractivity contribution < 1.29 is 0 Å². The minimum Gasteiger partial charge on any atom is -0.314 e. The van der Waals surface area contributed by atoms with Gasteiger partial charge in [0, 0.05) is 18.3 Å². The van der Waals surface area contributed by atoms with Crippen LogP contribution in [-0.4, -0.2) is 49.6 Å². The SMILES string of the molecule is CCCNC(CC)CCCSCCN(C)C. The molecule has 0 saturated heterocycles. The Kier molecular flexibility index (Phi) is 11.9. The first-order valence-electron chi connectivity index (χ1n) is 6.66. The van der Waals surface area contributed by atoms with Crippen molar-refractivity contribution in [1.29, 1.82) is 0 Å². The summed E-state index contributed by atoms with van der Waals surface area (Å²) >= 11 is 2.09. The number of nitrogens with zero attached hydrogens (tertiary/aromatic N) is 1. The minimum absolute atomic E-state index is 0.745. The van der Waals surface area contributed by atoms with Gasteiger partial charge in [0.15, 0.2) is 0 Å². The summed E-state index contributed by atoms with van der Waals surface area (Å²) in [6.45, 7) is 6.89. The molecular weight excluding hydrogens is 216 g/mol. The first kappa shape index (κ1) is 16.3. The van der Waals surface area contributed by atoms with Gasteiger partial charge in [0.1, 0.15) is 0 Å². The fraction of sp³-hybridized carbons (Fsp3) is 1.00. The van der Waals surface area contributed by atoms with Crippen LogP contribution in [-0.2, 0) is 0 Å². The molecule has 98 valence electrons. The highest BCUT2D eigenvalue weighted by molar-refractivity contribution is 7.99. The van der Waals surface area contributed by atoms with E-state index in [-0.39, 0.29) is 0 Å². The van der Waals surface area contributed by atoms with Gasteiger partial charge in [-0.05, 0) is 52.1 Å². The number of hydrogen-bond acceptors (Lipinski definition) is 3. The van der Waals surface area contributed by atoms with Crippen LogP contribution in [0.25, 0.3) is 0 Å². The predicted octanol–water partition coefficient (Wildman–Crippen LogP) is 2.84. The van der Waals surface area contributed by atoms with Crippen molar-refractivity contribution in [2.75, 3.05) is 38.7 Å². The molecule has 0 rings (SSSR count). The van der Waals surface area contributed by atoms with Crippen LogP contribution in [0, 0.1) is 0 Å². The molecule has 0 spiro atoms. The fourth-order valence-corrected chi connectivity index (χ4v) is 2.65. The lowest BCUT2D eigenvalue weighted by atomic mass is 10.1. The monoisotopic (exact) mass is 246 g/mol. The lowest BCUT2D eigenvalue weighted by Crippen LogP contribution is -2.29. The zero-order chi connectivity index (χ0) is 12.2. The molecule has 0 aromatic heterocycles. The summed E-state index contributed by atoms with van der Waals surface area (Å²) in [5.74, 6) is 2.59. The van der Waals surface area contributed by atoms with Gasteiger partial charge in [0.25, 0.3) is 0 Å². The first-order chi connectivity index (χ1) is 7.70.